The van der Waals surface area contributed by atoms with E-state index in [4.69, 9.17) is 10.5 Å². The molecule has 10 heteroatoms. The molecule has 1 atom stereocenters. The number of nitrogens with two attached hydrogens (primary N) is 1. The molecule has 2 amide bonds. The molecule has 2 aromatic rings. The summed E-state index contributed by atoms with van der Waals surface area (Å²) in [4.78, 5) is 26.7. The number of nitrogens with one attached hydrogen (secondary N) is 1. The molecule has 2 aliphatic rings. The maximum atomic E-state index is 14.4. The standard InChI is InChI=1S/C18H13F2N3O4S/c19-18(20)8-27-11-2-1-9(3-4-17(26)5-6-22-16(17)25)7-10(11)12-13(18)28-15(23-12)14(21)24/h1-2,7,26H,5-6,8H2,(H2,21,24)(H,22,25)/t17-/m1/s1. The number of rotatable bonds is 1. The highest BCUT2D eigenvalue weighted by molar-refractivity contribution is 7.14. The Morgan fingerprint density at radius 2 is 2.21 bits per heavy atom. The van der Waals surface area contributed by atoms with Crippen LogP contribution in [-0.4, -0.2) is 40.7 Å². The lowest BCUT2D eigenvalue weighted by Crippen LogP contribution is -2.36. The summed E-state index contributed by atoms with van der Waals surface area (Å²) in [5.74, 6) is 0.543. The first kappa shape index (κ1) is 18.3. The van der Waals surface area contributed by atoms with Crippen LogP contribution in [0.4, 0.5) is 8.78 Å². The molecule has 144 valence electrons. The molecular weight excluding hydrogens is 392 g/mol. The number of alkyl halides is 2. The van der Waals surface area contributed by atoms with Gasteiger partial charge in [-0.1, -0.05) is 11.8 Å². The zero-order chi connectivity index (χ0) is 20.1. The highest BCUT2D eigenvalue weighted by Gasteiger charge is 2.42. The van der Waals surface area contributed by atoms with Crippen LogP contribution >= 0.6 is 11.3 Å². The first-order chi connectivity index (χ1) is 13.2. The Morgan fingerprint density at radius 1 is 1.43 bits per heavy atom. The van der Waals surface area contributed by atoms with Gasteiger partial charge in [-0.3, -0.25) is 9.59 Å². The van der Waals surface area contributed by atoms with Crippen LogP contribution in [0, 0.1) is 11.8 Å². The number of nitrogens with zero attached hydrogens (tertiary/aromatic N) is 1. The molecule has 1 saturated heterocycles. The van der Waals surface area contributed by atoms with Gasteiger partial charge in [-0.15, -0.1) is 11.3 Å². The normalized spacial score (nSPS) is 22.0. The summed E-state index contributed by atoms with van der Waals surface area (Å²) in [6, 6.07) is 4.43. The summed E-state index contributed by atoms with van der Waals surface area (Å²) in [5, 5.41) is 12.5. The van der Waals surface area contributed by atoms with Gasteiger partial charge in [-0.25, -0.2) is 4.98 Å². The third kappa shape index (κ3) is 2.98. The van der Waals surface area contributed by atoms with E-state index in [-0.39, 0.29) is 28.4 Å². The van der Waals surface area contributed by atoms with Crippen molar-refractivity contribution in [1.29, 1.82) is 0 Å². The number of primary amides is 1. The van der Waals surface area contributed by atoms with E-state index in [0.717, 1.165) is 0 Å². The van der Waals surface area contributed by atoms with Crippen LogP contribution in [0.15, 0.2) is 18.2 Å². The molecule has 3 heterocycles. The topological polar surface area (TPSA) is 115 Å². The van der Waals surface area contributed by atoms with Gasteiger partial charge in [-0.05, 0) is 18.2 Å². The van der Waals surface area contributed by atoms with Gasteiger partial charge in [0.25, 0.3) is 11.8 Å². The Bertz CT molecular complexity index is 1070. The van der Waals surface area contributed by atoms with E-state index in [9.17, 15) is 23.5 Å². The van der Waals surface area contributed by atoms with Crippen molar-refractivity contribution in [3.8, 4) is 28.8 Å². The van der Waals surface area contributed by atoms with Crippen LogP contribution in [0.3, 0.4) is 0 Å². The molecule has 28 heavy (non-hydrogen) atoms. The highest BCUT2D eigenvalue weighted by atomic mass is 32.1. The van der Waals surface area contributed by atoms with E-state index in [2.05, 4.69) is 22.1 Å². The lowest BCUT2D eigenvalue weighted by atomic mass is 10.0. The zero-order valence-corrected chi connectivity index (χ0v) is 15.0. The largest absolute Gasteiger partial charge is 0.486 e. The first-order valence-corrected chi connectivity index (χ1v) is 9.01. The number of fused-ring (bicyclic) bond motifs is 3. The van der Waals surface area contributed by atoms with Gasteiger partial charge in [0.05, 0.1) is 5.69 Å². The fourth-order valence-corrected chi connectivity index (χ4v) is 3.81. The van der Waals surface area contributed by atoms with Crippen molar-refractivity contribution >= 4 is 23.2 Å². The number of carbonyl (C=O) groups is 2. The van der Waals surface area contributed by atoms with Crippen LogP contribution in [0.2, 0.25) is 0 Å². The minimum Gasteiger partial charge on any atom is -0.486 e. The molecule has 1 fully saturated rings. The van der Waals surface area contributed by atoms with E-state index >= 15 is 0 Å². The smallest absolute Gasteiger partial charge is 0.317 e. The van der Waals surface area contributed by atoms with Gasteiger partial charge in [0.15, 0.2) is 11.6 Å². The Labute approximate surface area is 161 Å². The van der Waals surface area contributed by atoms with Gasteiger partial charge in [0.1, 0.15) is 10.6 Å². The van der Waals surface area contributed by atoms with Crippen molar-refractivity contribution < 1.29 is 28.2 Å². The van der Waals surface area contributed by atoms with E-state index in [1.807, 2.05) is 0 Å². The molecule has 7 nitrogen and oxygen atoms in total. The summed E-state index contributed by atoms with van der Waals surface area (Å²) < 4.78 is 34.1. The van der Waals surface area contributed by atoms with Crippen molar-refractivity contribution in [3.63, 3.8) is 0 Å². The number of aromatic nitrogens is 1. The molecule has 0 saturated carbocycles. The number of amides is 2. The Morgan fingerprint density at radius 3 is 2.89 bits per heavy atom. The summed E-state index contributed by atoms with van der Waals surface area (Å²) in [6.45, 7) is -0.590. The van der Waals surface area contributed by atoms with Crippen LogP contribution < -0.4 is 15.8 Å². The van der Waals surface area contributed by atoms with Gasteiger partial charge in [-0.2, -0.15) is 8.78 Å². The van der Waals surface area contributed by atoms with Gasteiger partial charge in [0.2, 0.25) is 5.60 Å². The second kappa shape index (κ2) is 6.25. The molecule has 0 radical (unpaired) electrons. The van der Waals surface area contributed by atoms with E-state index in [1.165, 1.54) is 18.2 Å². The quantitative estimate of drug-likeness (QED) is 0.613. The van der Waals surface area contributed by atoms with E-state index in [1.54, 1.807) is 0 Å². The monoisotopic (exact) mass is 405 g/mol. The molecule has 2 aliphatic heterocycles. The van der Waals surface area contributed by atoms with E-state index < -0.39 is 34.8 Å². The number of benzene rings is 1. The number of hydrogen-bond donors (Lipinski definition) is 3. The molecule has 0 spiro atoms. The number of halogens is 2. The molecule has 0 unspecified atom stereocenters. The maximum absolute atomic E-state index is 14.4. The molecular formula is C18H13F2N3O4S. The molecule has 1 aromatic carbocycles. The van der Waals surface area contributed by atoms with Crippen molar-refractivity contribution in [1.82, 2.24) is 10.3 Å². The first-order valence-electron chi connectivity index (χ1n) is 8.20. The van der Waals surface area contributed by atoms with Gasteiger partial charge < -0.3 is 20.9 Å². The average molecular weight is 405 g/mol. The minimum atomic E-state index is -3.34. The third-order valence-electron chi connectivity index (χ3n) is 4.38. The van der Waals surface area contributed by atoms with Crippen molar-refractivity contribution in [2.24, 2.45) is 5.73 Å². The Kier molecular flexibility index (Phi) is 4.10. The van der Waals surface area contributed by atoms with Gasteiger partial charge >= 0.3 is 5.92 Å². The molecule has 1 aromatic heterocycles. The fraction of sp³-hybridized carbons (Fsp3) is 0.278. The average Bonchev–Trinajstić information content (AvgIpc) is 3.21. The lowest BCUT2D eigenvalue weighted by Gasteiger charge is -2.12. The summed E-state index contributed by atoms with van der Waals surface area (Å²) in [5.41, 5.74) is 3.89. The Balaban J connectivity index is 1.81. The number of carbonyl (C=O) groups excluding carboxylic acids is 2. The number of thiazole rings is 1. The lowest BCUT2D eigenvalue weighted by molar-refractivity contribution is -0.130. The van der Waals surface area contributed by atoms with Crippen LogP contribution in [-0.2, 0) is 10.7 Å². The predicted molar refractivity (Wildman–Crippen MR) is 94.9 cm³/mol. The summed E-state index contributed by atoms with van der Waals surface area (Å²) in [7, 11) is 0. The summed E-state index contributed by atoms with van der Waals surface area (Å²) in [6.07, 6.45) is 0.150. The third-order valence-corrected chi connectivity index (χ3v) is 5.56. The molecule has 0 aliphatic carbocycles. The van der Waals surface area contributed by atoms with E-state index in [0.29, 0.717) is 23.4 Å². The maximum Gasteiger partial charge on any atom is 0.317 e. The second-order valence-corrected chi connectivity index (χ2v) is 7.38. The van der Waals surface area contributed by atoms with Crippen molar-refractivity contribution in [2.45, 2.75) is 17.9 Å². The Hall–Kier alpha value is -3.03. The fourth-order valence-electron chi connectivity index (χ4n) is 2.92. The second-order valence-electron chi connectivity index (χ2n) is 6.38. The SMILES string of the molecule is NC(=O)c1nc2c(s1)C(F)(F)COc1ccc(C#C[C@@]3(O)CCNC3=O)cc1-2. The van der Waals surface area contributed by atoms with Crippen molar-refractivity contribution in [3.05, 3.63) is 33.6 Å². The highest BCUT2D eigenvalue weighted by Crippen LogP contribution is 2.46. The zero-order valence-electron chi connectivity index (χ0n) is 14.2. The van der Waals surface area contributed by atoms with Crippen LogP contribution in [0.25, 0.3) is 11.3 Å². The van der Waals surface area contributed by atoms with Gasteiger partial charge in [0, 0.05) is 24.1 Å². The summed E-state index contributed by atoms with van der Waals surface area (Å²) >= 11 is 0.522. The van der Waals surface area contributed by atoms with Crippen molar-refractivity contribution in [2.75, 3.05) is 13.2 Å². The molecule has 4 N–H and O–H groups in total. The predicted octanol–water partition coefficient (Wildman–Crippen LogP) is 0.996. The number of ether oxygens (including phenoxy) is 1. The molecule has 4 rings (SSSR count). The molecule has 0 bridgehead atoms. The van der Waals surface area contributed by atoms with Crippen LogP contribution in [0.1, 0.15) is 26.7 Å². The number of hydrogen-bond acceptors (Lipinski definition) is 6. The number of aliphatic hydroxyl groups is 1. The minimum absolute atomic E-state index is 0.0997. The van der Waals surface area contributed by atoms with Crippen LogP contribution in [0.5, 0.6) is 5.75 Å².